The highest BCUT2D eigenvalue weighted by Crippen LogP contribution is 2.47. The number of rotatable bonds is 4. The van der Waals surface area contributed by atoms with Crippen molar-refractivity contribution in [3.05, 3.63) is 65.4 Å². The summed E-state index contributed by atoms with van der Waals surface area (Å²) in [5.41, 5.74) is 4.78. The van der Waals surface area contributed by atoms with E-state index < -0.39 is 5.54 Å². The maximum atomic E-state index is 13.8. The third kappa shape index (κ3) is 2.23. The quantitative estimate of drug-likeness (QED) is 0.689. The Morgan fingerprint density at radius 1 is 1.07 bits per heavy atom. The standard InChI is InChI=1S/C23H25N3O/c1-2-3-8-15-26-20-12-7-5-10-18(20)23(22(26)27)21-17(13-14-24-23)16-9-4-6-11-19(16)25-21/h4-7,9-12,24-25H,2-3,8,13-15H2,1H3/t23-/m1/s1. The SMILES string of the molecule is CCCCCN1C(=O)[C@@]2(NCCc3c2[nH]c2ccccc32)c2ccccc21. The van der Waals surface area contributed by atoms with Crippen molar-refractivity contribution in [1.82, 2.24) is 10.3 Å². The first-order valence-corrected chi connectivity index (χ1v) is 10.0. The van der Waals surface area contributed by atoms with Crippen LogP contribution in [-0.4, -0.2) is 24.0 Å². The van der Waals surface area contributed by atoms with Crippen LogP contribution in [0.15, 0.2) is 48.5 Å². The van der Waals surface area contributed by atoms with Gasteiger partial charge in [-0.25, -0.2) is 0 Å². The minimum Gasteiger partial charge on any atom is -0.356 e. The van der Waals surface area contributed by atoms with Crippen LogP contribution in [0.2, 0.25) is 0 Å². The van der Waals surface area contributed by atoms with Crippen LogP contribution in [0.3, 0.4) is 0 Å². The lowest BCUT2D eigenvalue weighted by molar-refractivity contribution is -0.123. The fraction of sp³-hybridized carbons (Fsp3) is 0.348. The molecule has 0 saturated carbocycles. The summed E-state index contributed by atoms with van der Waals surface area (Å²) in [6, 6.07) is 16.7. The number of carbonyl (C=O) groups is 1. The summed E-state index contributed by atoms with van der Waals surface area (Å²) in [6.07, 6.45) is 4.27. The van der Waals surface area contributed by atoms with Crippen LogP contribution in [0.25, 0.3) is 10.9 Å². The molecule has 0 saturated heterocycles. The Balaban J connectivity index is 1.70. The summed E-state index contributed by atoms with van der Waals surface area (Å²) in [5.74, 6) is 0.160. The smallest absolute Gasteiger partial charge is 0.258 e. The Hall–Kier alpha value is -2.59. The number of aromatic nitrogens is 1. The molecule has 3 aromatic rings. The van der Waals surface area contributed by atoms with Gasteiger partial charge in [0.25, 0.3) is 5.91 Å². The molecule has 1 aromatic heterocycles. The highest BCUT2D eigenvalue weighted by molar-refractivity contribution is 6.11. The molecule has 2 aromatic carbocycles. The van der Waals surface area contributed by atoms with Gasteiger partial charge in [-0.05, 0) is 30.5 Å². The number of nitrogens with zero attached hydrogens (tertiary/aromatic N) is 1. The molecule has 0 bridgehead atoms. The van der Waals surface area contributed by atoms with Crippen LogP contribution >= 0.6 is 0 Å². The van der Waals surface area contributed by atoms with Crippen molar-refractivity contribution in [1.29, 1.82) is 0 Å². The van der Waals surface area contributed by atoms with E-state index in [1.54, 1.807) is 0 Å². The maximum Gasteiger partial charge on any atom is 0.258 e. The minimum atomic E-state index is -0.782. The molecule has 0 aliphatic carbocycles. The number of amides is 1. The van der Waals surface area contributed by atoms with E-state index in [1.807, 2.05) is 23.1 Å². The zero-order chi connectivity index (χ0) is 18.4. The first-order valence-electron chi connectivity index (χ1n) is 10.0. The van der Waals surface area contributed by atoms with Gasteiger partial charge in [-0.3, -0.25) is 10.1 Å². The molecule has 4 nitrogen and oxygen atoms in total. The molecule has 2 aliphatic rings. The van der Waals surface area contributed by atoms with Crippen molar-refractivity contribution in [3.63, 3.8) is 0 Å². The normalized spacial score (nSPS) is 21.1. The topological polar surface area (TPSA) is 48.1 Å². The third-order valence-electron chi connectivity index (χ3n) is 6.10. The van der Waals surface area contributed by atoms with Gasteiger partial charge in [0.1, 0.15) is 0 Å². The van der Waals surface area contributed by atoms with Gasteiger partial charge in [0, 0.05) is 35.2 Å². The highest BCUT2D eigenvalue weighted by Gasteiger charge is 2.54. The molecule has 0 unspecified atom stereocenters. The maximum absolute atomic E-state index is 13.8. The van der Waals surface area contributed by atoms with Crippen LogP contribution in [0.4, 0.5) is 5.69 Å². The van der Waals surface area contributed by atoms with Crippen LogP contribution in [0, 0.1) is 0 Å². The number of fused-ring (bicyclic) bond motifs is 6. The number of hydrogen-bond donors (Lipinski definition) is 2. The van der Waals surface area contributed by atoms with Gasteiger partial charge in [0.15, 0.2) is 5.54 Å². The number of H-pyrrole nitrogens is 1. The predicted octanol–water partition coefficient (Wildman–Crippen LogP) is 4.09. The first-order chi connectivity index (χ1) is 13.3. The fourth-order valence-electron chi connectivity index (χ4n) is 4.85. The second-order valence-electron chi connectivity index (χ2n) is 7.63. The molecule has 1 spiro atoms. The number of nitrogens with one attached hydrogen (secondary N) is 2. The largest absolute Gasteiger partial charge is 0.356 e. The van der Waals surface area contributed by atoms with Crippen molar-refractivity contribution in [2.75, 3.05) is 18.0 Å². The Kier molecular flexibility index (Phi) is 3.83. The average Bonchev–Trinajstić information content (AvgIpc) is 3.19. The molecule has 27 heavy (non-hydrogen) atoms. The summed E-state index contributed by atoms with van der Waals surface area (Å²) in [6.45, 7) is 3.78. The van der Waals surface area contributed by atoms with Crippen LogP contribution in [0.5, 0.6) is 0 Å². The van der Waals surface area contributed by atoms with Crippen molar-refractivity contribution in [2.24, 2.45) is 0 Å². The highest BCUT2D eigenvalue weighted by atomic mass is 16.2. The molecule has 1 atom stereocenters. The van der Waals surface area contributed by atoms with Crippen molar-refractivity contribution in [2.45, 2.75) is 38.1 Å². The van der Waals surface area contributed by atoms with E-state index in [4.69, 9.17) is 0 Å². The molecular weight excluding hydrogens is 334 g/mol. The molecule has 1 amide bonds. The molecule has 0 fully saturated rings. The minimum absolute atomic E-state index is 0.160. The van der Waals surface area contributed by atoms with Gasteiger partial charge in [0.05, 0.1) is 5.69 Å². The summed E-state index contributed by atoms with van der Waals surface area (Å²) in [7, 11) is 0. The van der Waals surface area contributed by atoms with Crippen molar-refractivity contribution < 1.29 is 4.79 Å². The molecule has 4 heteroatoms. The molecule has 3 heterocycles. The van der Waals surface area contributed by atoms with E-state index in [0.29, 0.717) is 0 Å². The van der Waals surface area contributed by atoms with Crippen molar-refractivity contribution in [3.8, 4) is 0 Å². The van der Waals surface area contributed by atoms with E-state index >= 15 is 0 Å². The van der Waals surface area contributed by atoms with Crippen LogP contribution in [0.1, 0.15) is 43.0 Å². The van der Waals surface area contributed by atoms with E-state index in [9.17, 15) is 4.79 Å². The third-order valence-corrected chi connectivity index (χ3v) is 6.10. The summed E-state index contributed by atoms with van der Waals surface area (Å²) in [4.78, 5) is 19.4. The number of anilines is 1. The molecule has 2 aliphatic heterocycles. The number of carbonyl (C=O) groups excluding carboxylic acids is 1. The number of unbranched alkanes of at least 4 members (excludes halogenated alkanes) is 2. The van der Waals surface area contributed by atoms with Gasteiger partial charge >= 0.3 is 0 Å². The lowest BCUT2D eigenvalue weighted by Gasteiger charge is -2.34. The Morgan fingerprint density at radius 3 is 2.78 bits per heavy atom. The monoisotopic (exact) mass is 359 g/mol. The Labute approximate surface area is 159 Å². The van der Waals surface area contributed by atoms with Gasteiger partial charge in [-0.2, -0.15) is 0 Å². The molecule has 138 valence electrons. The number of hydrogen-bond acceptors (Lipinski definition) is 2. The second-order valence-corrected chi connectivity index (χ2v) is 7.63. The molecule has 0 radical (unpaired) electrons. The Bertz CT molecular complexity index is 1020. The summed E-state index contributed by atoms with van der Waals surface area (Å²) >= 11 is 0. The summed E-state index contributed by atoms with van der Waals surface area (Å²) < 4.78 is 0. The molecular formula is C23H25N3O. The van der Waals surface area contributed by atoms with Gasteiger partial charge < -0.3 is 9.88 Å². The first kappa shape index (κ1) is 16.6. The van der Waals surface area contributed by atoms with E-state index in [0.717, 1.165) is 61.2 Å². The van der Waals surface area contributed by atoms with Crippen LogP contribution in [-0.2, 0) is 16.8 Å². The van der Waals surface area contributed by atoms with E-state index in [1.165, 1.54) is 10.9 Å². The van der Waals surface area contributed by atoms with Crippen molar-refractivity contribution >= 4 is 22.5 Å². The predicted molar refractivity (Wildman–Crippen MR) is 109 cm³/mol. The molecule has 2 N–H and O–H groups in total. The Morgan fingerprint density at radius 2 is 1.89 bits per heavy atom. The van der Waals surface area contributed by atoms with E-state index in [-0.39, 0.29) is 5.91 Å². The zero-order valence-corrected chi connectivity index (χ0v) is 15.7. The number of aromatic amines is 1. The number of para-hydroxylation sites is 2. The second kappa shape index (κ2) is 6.24. The number of benzene rings is 2. The lowest BCUT2D eigenvalue weighted by Crippen LogP contribution is -2.55. The summed E-state index contributed by atoms with van der Waals surface area (Å²) in [5, 5.41) is 4.85. The van der Waals surface area contributed by atoms with E-state index in [2.05, 4.69) is 47.6 Å². The average molecular weight is 359 g/mol. The van der Waals surface area contributed by atoms with Gasteiger partial charge in [-0.1, -0.05) is 56.2 Å². The fourth-order valence-corrected chi connectivity index (χ4v) is 4.85. The van der Waals surface area contributed by atoms with Gasteiger partial charge in [-0.15, -0.1) is 0 Å². The van der Waals surface area contributed by atoms with Crippen LogP contribution < -0.4 is 10.2 Å². The van der Waals surface area contributed by atoms with Gasteiger partial charge in [0.2, 0.25) is 0 Å². The molecule has 5 rings (SSSR count). The lowest BCUT2D eigenvalue weighted by atomic mass is 9.82. The zero-order valence-electron chi connectivity index (χ0n) is 15.7.